The fourth-order valence-corrected chi connectivity index (χ4v) is 0.812. The van der Waals surface area contributed by atoms with Crippen molar-refractivity contribution in [2.75, 3.05) is 6.54 Å². The highest BCUT2D eigenvalue weighted by Crippen LogP contribution is 2.13. The summed E-state index contributed by atoms with van der Waals surface area (Å²) in [6.07, 6.45) is -0.369. The summed E-state index contributed by atoms with van der Waals surface area (Å²) in [5, 5.41) is 1.83. The van der Waals surface area contributed by atoms with Crippen molar-refractivity contribution in [3.63, 3.8) is 0 Å². The first-order chi connectivity index (χ1) is 5.38. The smallest absolute Gasteiger partial charge is 0.422 e. The van der Waals surface area contributed by atoms with E-state index < -0.39 is 5.60 Å². The number of amides is 1. The van der Waals surface area contributed by atoms with Gasteiger partial charge >= 0.3 is 6.09 Å². The van der Waals surface area contributed by atoms with Gasteiger partial charge in [0.25, 0.3) is 0 Å². The number of carbonyl (C=O) groups excluding carboxylic acids is 1. The number of hydrogen-bond acceptors (Lipinski definition) is 3. The molecular formula is C8H16N2O2. The van der Waals surface area contributed by atoms with Gasteiger partial charge in [0.15, 0.2) is 0 Å². The van der Waals surface area contributed by atoms with Crippen LogP contribution in [0.2, 0.25) is 0 Å². The van der Waals surface area contributed by atoms with E-state index >= 15 is 0 Å². The summed E-state index contributed by atoms with van der Waals surface area (Å²) in [5.74, 6) is 0. The molecule has 0 aliphatic carbocycles. The maximum atomic E-state index is 11.1. The minimum absolute atomic E-state index is 0.369. The molecule has 1 saturated heterocycles. The molecule has 1 fully saturated rings. The zero-order chi connectivity index (χ0) is 9.35. The molecule has 0 aromatic heterocycles. The molecule has 0 spiro atoms. The third kappa shape index (κ3) is 3.09. The summed E-state index contributed by atoms with van der Waals surface area (Å²) >= 11 is 0. The largest absolute Gasteiger partial charge is 0.443 e. The monoisotopic (exact) mass is 172 g/mol. The van der Waals surface area contributed by atoms with E-state index in [0.29, 0.717) is 6.04 Å². The summed E-state index contributed by atoms with van der Waals surface area (Å²) < 4.78 is 5.05. The van der Waals surface area contributed by atoms with Crippen LogP contribution < -0.4 is 5.43 Å². The van der Waals surface area contributed by atoms with Crippen molar-refractivity contribution in [2.45, 2.75) is 39.3 Å². The van der Waals surface area contributed by atoms with Crippen LogP contribution in [-0.2, 0) is 4.74 Å². The first kappa shape index (κ1) is 9.32. The lowest BCUT2D eigenvalue weighted by atomic mass is 10.2. The van der Waals surface area contributed by atoms with Gasteiger partial charge in [-0.3, -0.25) is 5.43 Å². The number of hydrogen-bond donors (Lipinski definition) is 1. The maximum absolute atomic E-state index is 11.1. The number of carbonyl (C=O) groups is 1. The Kier molecular flexibility index (Phi) is 2.28. The molecule has 1 heterocycles. The number of ether oxygens (including phenoxy) is 1. The van der Waals surface area contributed by atoms with Crippen molar-refractivity contribution in [1.82, 2.24) is 10.4 Å². The van der Waals surface area contributed by atoms with Gasteiger partial charge in [0, 0.05) is 12.6 Å². The van der Waals surface area contributed by atoms with Crippen molar-refractivity contribution in [1.29, 1.82) is 0 Å². The second kappa shape index (κ2) is 2.94. The Morgan fingerprint density at radius 2 is 2.08 bits per heavy atom. The average molecular weight is 172 g/mol. The summed E-state index contributed by atoms with van der Waals surface area (Å²) in [4.78, 5) is 11.1. The lowest BCUT2D eigenvalue weighted by Crippen LogP contribution is -2.36. The highest BCUT2D eigenvalue weighted by molar-refractivity contribution is 5.67. The molecule has 1 aliphatic rings. The van der Waals surface area contributed by atoms with E-state index in [1.165, 1.54) is 0 Å². The van der Waals surface area contributed by atoms with Gasteiger partial charge in [-0.1, -0.05) is 0 Å². The van der Waals surface area contributed by atoms with Crippen molar-refractivity contribution in [2.24, 2.45) is 0 Å². The van der Waals surface area contributed by atoms with Gasteiger partial charge in [-0.05, 0) is 27.7 Å². The number of rotatable bonds is 1. The summed E-state index contributed by atoms with van der Waals surface area (Å²) in [5.41, 5.74) is 2.22. The quantitative estimate of drug-likeness (QED) is 0.603. The Bertz CT molecular complexity index is 186. The molecule has 0 aromatic rings. The molecule has 0 saturated carbocycles. The van der Waals surface area contributed by atoms with E-state index in [2.05, 4.69) is 5.43 Å². The molecule has 1 amide bonds. The van der Waals surface area contributed by atoms with Crippen molar-refractivity contribution in [3.05, 3.63) is 0 Å². The molecule has 1 N–H and O–H groups in total. The van der Waals surface area contributed by atoms with E-state index in [0.717, 1.165) is 6.54 Å². The molecule has 2 atom stereocenters. The standard InChI is InChI=1S/C8H16N2O2/c1-6-5-10(6)9-7(11)12-8(2,3)4/h6H,5H2,1-4H3,(H,9,11)/t6?,10-/m1/s1. The van der Waals surface area contributed by atoms with Crippen LogP contribution in [0.4, 0.5) is 4.79 Å². The molecule has 0 radical (unpaired) electrons. The first-order valence-electron chi connectivity index (χ1n) is 4.15. The second-order valence-corrected chi connectivity index (χ2v) is 4.12. The van der Waals surface area contributed by atoms with Crippen LogP contribution in [-0.4, -0.2) is 29.3 Å². The Hall–Kier alpha value is -0.770. The maximum Gasteiger partial charge on any atom is 0.422 e. The molecule has 12 heavy (non-hydrogen) atoms. The third-order valence-electron chi connectivity index (χ3n) is 1.49. The van der Waals surface area contributed by atoms with E-state index in [4.69, 9.17) is 4.74 Å². The Morgan fingerprint density at radius 1 is 1.58 bits per heavy atom. The zero-order valence-electron chi connectivity index (χ0n) is 8.05. The molecular weight excluding hydrogens is 156 g/mol. The zero-order valence-corrected chi connectivity index (χ0v) is 8.05. The van der Waals surface area contributed by atoms with Gasteiger partial charge in [-0.25, -0.2) is 9.80 Å². The van der Waals surface area contributed by atoms with Crippen molar-refractivity contribution < 1.29 is 9.53 Å². The molecule has 70 valence electrons. The fraction of sp³-hybridized carbons (Fsp3) is 0.875. The number of nitrogens with zero attached hydrogens (tertiary/aromatic N) is 1. The Labute approximate surface area is 72.8 Å². The van der Waals surface area contributed by atoms with Gasteiger partial charge in [-0.2, -0.15) is 0 Å². The van der Waals surface area contributed by atoms with Gasteiger partial charge < -0.3 is 4.74 Å². The highest BCUT2D eigenvalue weighted by Gasteiger charge is 2.32. The molecule has 4 nitrogen and oxygen atoms in total. The van der Waals surface area contributed by atoms with Gasteiger partial charge in [-0.15, -0.1) is 0 Å². The minimum atomic E-state index is -0.413. The van der Waals surface area contributed by atoms with Crippen LogP contribution in [0, 0.1) is 0 Å². The molecule has 4 heteroatoms. The molecule has 0 aromatic carbocycles. The lowest BCUT2D eigenvalue weighted by Gasteiger charge is -2.19. The third-order valence-corrected chi connectivity index (χ3v) is 1.49. The second-order valence-electron chi connectivity index (χ2n) is 4.12. The normalized spacial score (nSPS) is 28.0. The Balaban J connectivity index is 2.21. The fourth-order valence-electron chi connectivity index (χ4n) is 0.812. The Morgan fingerprint density at radius 3 is 2.42 bits per heavy atom. The van der Waals surface area contributed by atoms with E-state index in [-0.39, 0.29) is 6.09 Å². The summed E-state index contributed by atoms with van der Waals surface area (Å²) in [6.45, 7) is 8.49. The number of nitrogens with one attached hydrogen (secondary N) is 1. The van der Waals surface area contributed by atoms with Crippen LogP contribution >= 0.6 is 0 Å². The number of hydrazine groups is 1. The predicted molar refractivity (Wildman–Crippen MR) is 45.5 cm³/mol. The molecule has 1 rings (SSSR count). The minimum Gasteiger partial charge on any atom is -0.443 e. The van der Waals surface area contributed by atoms with Crippen LogP contribution in [0.15, 0.2) is 0 Å². The van der Waals surface area contributed by atoms with Crippen LogP contribution in [0.3, 0.4) is 0 Å². The van der Waals surface area contributed by atoms with Gasteiger partial charge in [0.1, 0.15) is 5.60 Å². The van der Waals surface area contributed by atoms with Crippen molar-refractivity contribution >= 4 is 6.09 Å². The van der Waals surface area contributed by atoms with Gasteiger partial charge in [0.05, 0.1) is 0 Å². The average Bonchev–Trinajstić information content (AvgIpc) is 2.40. The molecule has 1 unspecified atom stereocenters. The summed E-state index contributed by atoms with van der Waals surface area (Å²) in [7, 11) is 0. The van der Waals surface area contributed by atoms with Crippen LogP contribution in [0.1, 0.15) is 27.7 Å². The van der Waals surface area contributed by atoms with E-state index in [9.17, 15) is 4.79 Å². The van der Waals surface area contributed by atoms with Crippen LogP contribution in [0.5, 0.6) is 0 Å². The summed E-state index contributed by atoms with van der Waals surface area (Å²) in [6, 6.07) is 0.456. The van der Waals surface area contributed by atoms with E-state index in [1.807, 2.05) is 32.7 Å². The molecule has 1 aliphatic heterocycles. The van der Waals surface area contributed by atoms with Crippen molar-refractivity contribution in [3.8, 4) is 0 Å². The SMILES string of the molecule is CC1C[N@@]1NC(=O)OC(C)(C)C. The first-order valence-corrected chi connectivity index (χ1v) is 4.15. The highest BCUT2D eigenvalue weighted by atomic mass is 16.6. The topological polar surface area (TPSA) is 41.3 Å². The van der Waals surface area contributed by atoms with Crippen LogP contribution in [0.25, 0.3) is 0 Å². The van der Waals surface area contributed by atoms with E-state index in [1.54, 1.807) is 0 Å². The van der Waals surface area contributed by atoms with Gasteiger partial charge in [0.2, 0.25) is 0 Å². The predicted octanol–water partition coefficient (Wildman–Crippen LogP) is 1.13. The lowest BCUT2D eigenvalue weighted by molar-refractivity contribution is 0.0440. The molecule has 0 bridgehead atoms.